The van der Waals surface area contributed by atoms with Crippen LogP contribution in [0.4, 0.5) is 5.69 Å². The summed E-state index contributed by atoms with van der Waals surface area (Å²) >= 11 is 0. The molecule has 2 rings (SSSR count). The summed E-state index contributed by atoms with van der Waals surface area (Å²) in [5, 5.41) is 17.0. The zero-order valence-electron chi connectivity index (χ0n) is 11.2. The van der Waals surface area contributed by atoms with Crippen molar-refractivity contribution in [2.45, 2.75) is 13.0 Å². The molecule has 1 atom stereocenters. The minimum absolute atomic E-state index is 0.261. The molecule has 0 spiro atoms. The lowest BCUT2D eigenvalue weighted by Gasteiger charge is -2.13. The van der Waals surface area contributed by atoms with Gasteiger partial charge in [0.15, 0.2) is 0 Å². The van der Waals surface area contributed by atoms with E-state index in [1.807, 2.05) is 44.4 Å². The van der Waals surface area contributed by atoms with Gasteiger partial charge in [0.2, 0.25) is 0 Å². The van der Waals surface area contributed by atoms with Crippen LogP contribution in [0.5, 0.6) is 5.75 Å². The van der Waals surface area contributed by atoms with Crippen molar-refractivity contribution in [1.82, 2.24) is 9.78 Å². The lowest BCUT2D eigenvalue weighted by Crippen LogP contribution is -2.26. The van der Waals surface area contributed by atoms with Crippen molar-refractivity contribution in [2.75, 3.05) is 18.5 Å². The average molecular weight is 261 g/mol. The number of nitrogens with one attached hydrogen (secondary N) is 1. The lowest BCUT2D eigenvalue weighted by molar-refractivity contribution is 0.117. The maximum atomic E-state index is 9.83. The summed E-state index contributed by atoms with van der Waals surface area (Å²) in [7, 11) is 1.85. The number of hydrogen-bond donors (Lipinski definition) is 2. The molecule has 5 heteroatoms. The van der Waals surface area contributed by atoms with Gasteiger partial charge in [-0.25, -0.2) is 0 Å². The molecule has 102 valence electrons. The van der Waals surface area contributed by atoms with Gasteiger partial charge in [-0.2, -0.15) is 5.10 Å². The van der Waals surface area contributed by atoms with Crippen LogP contribution < -0.4 is 10.1 Å². The highest BCUT2D eigenvalue weighted by Crippen LogP contribution is 2.12. The number of aromatic nitrogens is 2. The molecule has 0 aliphatic carbocycles. The normalized spacial score (nSPS) is 12.2. The van der Waals surface area contributed by atoms with Gasteiger partial charge in [0.25, 0.3) is 0 Å². The first-order valence-electron chi connectivity index (χ1n) is 6.23. The SMILES string of the molecule is Cc1cccc(OCC(O)CNc2cnn(C)c2)c1. The number of rotatable bonds is 6. The zero-order chi connectivity index (χ0) is 13.7. The van der Waals surface area contributed by atoms with E-state index in [0.717, 1.165) is 17.0 Å². The Bertz CT molecular complexity index is 525. The van der Waals surface area contributed by atoms with E-state index in [-0.39, 0.29) is 6.61 Å². The first kappa shape index (κ1) is 13.4. The van der Waals surface area contributed by atoms with E-state index in [1.165, 1.54) is 0 Å². The molecular weight excluding hydrogens is 242 g/mol. The molecule has 0 aliphatic heterocycles. The molecule has 0 saturated heterocycles. The molecule has 2 N–H and O–H groups in total. The molecule has 5 nitrogen and oxygen atoms in total. The number of aliphatic hydroxyl groups excluding tert-OH is 1. The number of anilines is 1. The molecule has 0 saturated carbocycles. The van der Waals surface area contributed by atoms with E-state index in [1.54, 1.807) is 10.9 Å². The second kappa shape index (κ2) is 6.24. The maximum absolute atomic E-state index is 9.83. The largest absolute Gasteiger partial charge is 0.491 e. The third kappa shape index (κ3) is 4.30. The highest BCUT2D eigenvalue weighted by molar-refractivity contribution is 5.38. The van der Waals surface area contributed by atoms with Crippen LogP contribution in [0.15, 0.2) is 36.7 Å². The highest BCUT2D eigenvalue weighted by atomic mass is 16.5. The molecule has 0 radical (unpaired) electrons. The van der Waals surface area contributed by atoms with Crippen molar-refractivity contribution in [2.24, 2.45) is 7.05 Å². The molecule has 0 aliphatic rings. The van der Waals surface area contributed by atoms with E-state index in [9.17, 15) is 5.11 Å². The van der Waals surface area contributed by atoms with Crippen LogP contribution in [0, 0.1) is 6.92 Å². The second-order valence-electron chi connectivity index (χ2n) is 4.56. The molecule has 0 bridgehead atoms. The molecule has 2 aromatic rings. The van der Waals surface area contributed by atoms with Crippen LogP contribution in [-0.4, -0.2) is 34.1 Å². The third-order valence-electron chi connectivity index (χ3n) is 2.68. The van der Waals surface area contributed by atoms with Gasteiger partial charge in [0, 0.05) is 19.8 Å². The Balaban J connectivity index is 1.74. The van der Waals surface area contributed by atoms with Gasteiger partial charge in [0.05, 0.1) is 11.9 Å². The van der Waals surface area contributed by atoms with Gasteiger partial charge >= 0.3 is 0 Å². The summed E-state index contributed by atoms with van der Waals surface area (Å²) in [5.74, 6) is 0.778. The summed E-state index contributed by atoms with van der Waals surface area (Å²) in [6, 6.07) is 7.77. The number of aryl methyl sites for hydroxylation is 2. The predicted molar refractivity (Wildman–Crippen MR) is 74.4 cm³/mol. The fourth-order valence-corrected chi connectivity index (χ4v) is 1.70. The van der Waals surface area contributed by atoms with Crippen molar-refractivity contribution in [1.29, 1.82) is 0 Å². The lowest BCUT2D eigenvalue weighted by atomic mass is 10.2. The van der Waals surface area contributed by atoms with Gasteiger partial charge in [-0.05, 0) is 24.6 Å². The summed E-state index contributed by atoms with van der Waals surface area (Å²) in [6.07, 6.45) is 3.00. The maximum Gasteiger partial charge on any atom is 0.119 e. The van der Waals surface area contributed by atoms with Gasteiger partial charge in [-0.1, -0.05) is 12.1 Å². The Morgan fingerprint density at radius 3 is 3.00 bits per heavy atom. The fraction of sp³-hybridized carbons (Fsp3) is 0.357. The van der Waals surface area contributed by atoms with E-state index >= 15 is 0 Å². The molecule has 0 fully saturated rings. The predicted octanol–water partition coefficient (Wildman–Crippen LogP) is 1.58. The van der Waals surface area contributed by atoms with Crippen LogP contribution in [0.1, 0.15) is 5.56 Å². The Morgan fingerprint density at radius 1 is 1.47 bits per heavy atom. The number of hydrogen-bond acceptors (Lipinski definition) is 4. The van der Waals surface area contributed by atoms with Crippen molar-refractivity contribution >= 4 is 5.69 Å². The molecule has 1 aromatic heterocycles. The molecule has 1 heterocycles. The summed E-state index contributed by atoms with van der Waals surface area (Å²) in [6.45, 7) is 2.70. The Labute approximate surface area is 112 Å². The van der Waals surface area contributed by atoms with Gasteiger partial charge in [-0.15, -0.1) is 0 Å². The monoisotopic (exact) mass is 261 g/mol. The Hall–Kier alpha value is -2.01. The number of aliphatic hydroxyl groups is 1. The van der Waals surface area contributed by atoms with E-state index < -0.39 is 6.10 Å². The summed E-state index contributed by atoms with van der Waals surface area (Å²) in [5.41, 5.74) is 2.03. The minimum Gasteiger partial charge on any atom is -0.491 e. The molecule has 1 aromatic carbocycles. The topological polar surface area (TPSA) is 59.3 Å². The molecule has 19 heavy (non-hydrogen) atoms. The fourth-order valence-electron chi connectivity index (χ4n) is 1.70. The van der Waals surface area contributed by atoms with Crippen LogP contribution in [0.3, 0.4) is 0 Å². The van der Waals surface area contributed by atoms with E-state index in [0.29, 0.717) is 6.54 Å². The Kier molecular flexibility index (Phi) is 4.41. The quantitative estimate of drug-likeness (QED) is 0.829. The summed E-state index contributed by atoms with van der Waals surface area (Å²) in [4.78, 5) is 0. The molecule has 1 unspecified atom stereocenters. The van der Waals surface area contributed by atoms with Crippen molar-refractivity contribution in [3.63, 3.8) is 0 Å². The van der Waals surface area contributed by atoms with Crippen LogP contribution >= 0.6 is 0 Å². The average Bonchev–Trinajstić information content (AvgIpc) is 2.80. The first-order chi connectivity index (χ1) is 9.13. The number of nitrogens with zero attached hydrogens (tertiary/aromatic N) is 2. The highest BCUT2D eigenvalue weighted by Gasteiger charge is 2.06. The van der Waals surface area contributed by atoms with Crippen LogP contribution in [0.25, 0.3) is 0 Å². The standard InChI is InChI=1S/C14H19N3O2/c1-11-4-3-5-14(6-11)19-10-13(18)8-15-12-7-16-17(2)9-12/h3-7,9,13,15,18H,8,10H2,1-2H3. The first-order valence-corrected chi connectivity index (χ1v) is 6.23. The van der Waals surface area contributed by atoms with Crippen molar-refractivity contribution < 1.29 is 9.84 Å². The number of ether oxygens (including phenoxy) is 1. The van der Waals surface area contributed by atoms with Crippen molar-refractivity contribution in [3.8, 4) is 5.75 Å². The van der Waals surface area contributed by atoms with Gasteiger partial charge in [-0.3, -0.25) is 4.68 Å². The van der Waals surface area contributed by atoms with E-state index in [4.69, 9.17) is 4.74 Å². The minimum atomic E-state index is -0.569. The Morgan fingerprint density at radius 2 is 2.32 bits per heavy atom. The number of benzene rings is 1. The zero-order valence-corrected chi connectivity index (χ0v) is 11.2. The van der Waals surface area contributed by atoms with Crippen molar-refractivity contribution in [3.05, 3.63) is 42.2 Å². The van der Waals surface area contributed by atoms with Gasteiger partial charge < -0.3 is 15.2 Å². The summed E-state index contributed by atoms with van der Waals surface area (Å²) < 4.78 is 7.24. The van der Waals surface area contributed by atoms with Crippen LogP contribution in [0.2, 0.25) is 0 Å². The van der Waals surface area contributed by atoms with E-state index in [2.05, 4.69) is 10.4 Å². The molecular formula is C14H19N3O2. The molecule has 0 amide bonds. The second-order valence-corrected chi connectivity index (χ2v) is 4.56. The third-order valence-corrected chi connectivity index (χ3v) is 2.68. The smallest absolute Gasteiger partial charge is 0.119 e. The van der Waals surface area contributed by atoms with Crippen LogP contribution in [-0.2, 0) is 7.05 Å². The van der Waals surface area contributed by atoms with Gasteiger partial charge in [0.1, 0.15) is 18.5 Å².